The van der Waals surface area contributed by atoms with E-state index in [2.05, 4.69) is 24.1 Å². The number of aromatic nitrogens is 1. The molecule has 1 aliphatic carbocycles. The highest BCUT2D eigenvalue weighted by Crippen LogP contribution is 2.39. The van der Waals surface area contributed by atoms with Crippen molar-refractivity contribution in [2.45, 2.75) is 39.2 Å². The highest BCUT2D eigenvalue weighted by molar-refractivity contribution is 5.59. The Morgan fingerprint density at radius 1 is 1.63 bits per heavy atom. The first-order valence-electron chi connectivity index (χ1n) is 6.25. The van der Waals surface area contributed by atoms with Crippen LogP contribution >= 0.6 is 0 Å². The van der Waals surface area contributed by atoms with Crippen molar-refractivity contribution in [3.05, 3.63) is 27.9 Å². The Kier molecular flexibility index (Phi) is 3.38. The summed E-state index contributed by atoms with van der Waals surface area (Å²) in [6.07, 6.45) is 4.53. The first-order valence-corrected chi connectivity index (χ1v) is 6.25. The zero-order valence-corrected chi connectivity index (χ0v) is 11.0. The number of rotatable bonds is 3. The molecule has 100 valence electrons. The molecule has 1 saturated carbocycles. The van der Waals surface area contributed by atoms with Gasteiger partial charge in [-0.3, -0.25) is 10.1 Å². The van der Waals surface area contributed by atoms with Crippen LogP contribution in [0.4, 0.5) is 11.5 Å². The predicted octanol–water partition coefficient (Wildman–Crippen LogP) is 2.85. The molecule has 0 amide bonds. The number of nitriles is 1. The van der Waals surface area contributed by atoms with E-state index in [1.54, 1.807) is 0 Å². The Hall–Kier alpha value is -2.16. The van der Waals surface area contributed by atoms with Crippen LogP contribution in [0.15, 0.2) is 12.3 Å². The minimum absolute atomic E-state index is 0.101. The van der Waals surface area contributed by atoms with E-state index in [-0.39, 0.29) is 28.5 Å². The van der Waals surface area contributed by atoms with Gasteiger partial charge in [-0.05, 0) is 18.3 Å². The smallest absolute Gasteiger partial charge is 0.312 e. The van der Waals surface area contributed by atoms with Gasteiger partial charge in [-0.1, -0.05) is 20.3 Å². The Morgan fingerprint density at radius 2 is 2.37 bits per heavy atom. The zero-order chi connectivity index (χ0) is 14.0. The number of nitrogens with one attached hydrogen (secondary N) is 1. The molecule has 6 nitrogen and oxygen atoms in total. The van der Waals surface area contributed by atoms with E-state index < -0.39 is 4.92 Å². The van der Waals surface area contributed by atoms with Crippen molar-refractivity contribution in [2.24, 2.45) is 5.41 Å². The van der Waals surface area contributed by atoms with Crippen LogP contribution in [0.3, 0.4) is 0 Å². The molecule has 0 saturated heterocycles. The van der Waals surface area contributed by atoms with Crippen LogP contribution in [0, 0.1) is 26.9 Å². The molecule has 1 unspecified atom stereocenters. The summed E-state index contributed by atoms with van der Waals surface area (Å²) in [6.45, 7) is 4.29. The summed E-state index contributed by atoms with van der Waals surface area (Å²) in [6, 6.07) is 3.30. The molecular weight excluding hydrogens is 244 g/mol. The quantitative estimate of drug-likeness (QED) is 0.666. The monoisotopic (exact) mass is 260 g/mol. The Labute approximate surface area is 111 Å². The van der Waals surface area contributed by atoms with Crippen LogP contribution in [0.1, 0.15) is 38.7 Å². The van der Waals surface area contributed by atoms with E-state index in [4.69, 9.17) is 5.26 Å². The third-order valence-corrected chi connectivity index (χ3v) is 3.76. The van der Waals surface area contributed by atoms with Crippen LogP contribution < -0.4 is 5.32 Å². The van der Waals surface area contributed by atoms with Crippen molar-refractivity contribution in [2.75, 3.05) is 5.32 Å². The summed E-state index contributed by atoms with van der Waals surface area (Å²) in [5, 5.41) is 23.0. The molecule has 0 aliphatic heterocycles. The molecule has 1 aliphatic rings. The Morgan fingerprint density at radius 3 is 2.89 bits per heavy atom. The number of anilines is 1. The third kappa shape index (κ3) is 2.65. The lowest BCUT2D eigenvalue weighted by molar-refractivity contribution is -0.384. The largest absolute Gasteiger partial charge is 0.361 e. The van der Waals surface area contributed by atoms with Crippen LogP contribution in [0.25, 0.3) is 0 Å². The number of nitro groups is 1. The second-order valence-electron chi connectivity index (χ2n) is 5.54. The summed E-state index contributed by atoms with van der Waals surface area (Å²) in [5.74, 6) is 0.254. The average Bonchev–Trinajstić information content (AvgIpc) is 2.69. The van der Waals surface area contributed by atoms with Gasteiger partial charge in [-0.15, -0.1) is 0 Å². The Bertz CT molecular complexity index is 548. The second-order valence-corrected chi connectivity index (χ2v) is 5.54. The van der Waals surface area contributed by atoms with Crippen LogP contribution in [0.2, 0.25) is 0 Å². The maximum absolute atomic E-state index is 11.0. The lowest BCUT2D eigenvalue weighted by Gasteiger charge is -2.28. The van der Waals surface area contributed by atoms with Crippen molar-refractivity contribution in [3.63, 3.8) is 0 Å². The molecule has 6 heteroatoms. The molecule has 2 rings (SSSR count). The van der Waals surface area contributed by atoms with Gasteiger partial charge < -0.3 is 5.32 Å². The van der Waals surface area contributed by atoms with Crippen LogP contribution in [-0.2, 0) is 0 Å². The summed E-state index contributed by atoms with van der Waals surface area (Å²) in [4.78, 5) is 14.6. The highest BCUT2D eigenvalue weighted by atomic mass is 16.6. The first-order chi connectivity index (χ1) is 8.94. The first kappa shape index (κ1) is 13.3. The zero-order valence-electron chi connectivity index (χ0n) is 11.0. The predicted molar refractivity (Wildman–Crippen MR) is 70.6 cm³/mol. The van der Waals surface area contributed by atoms with Crippen LogP contribution in [0.5, 0.6) is 0 Å². The topological polar surface area (TPSA) is 91.8 Å². The second kappa shape index (κ2) is 4.84. The van der Waals surface area contributed by atoms with Gasteiger partial charge in [0.05, 0.1) is 10.5 Å². The molecule has 0 spiro atoms. The minimum Gasteiger partial charge on any atom is -0.361 e. The molecule has 1 heterocycles. The fraction of sp³-hybridized carbons (Fsp3) is 0.538. The van der Waals surface area contributed by atoms with E-state index in [1.807, 2.05) is 6.07 Å². The minimum atomic E-state index is -0.502. The summed E-state index contributed by atoms with van der Waals surface area (Å²) < 4.78 is 0. The summed E-state index contributed by atoms with van der Waals surface area (Å²) in [7, 11) is 0. The molecule has 0 aromatic carbocycles. The molecular formula is C13H16N4O2. The molecule has 0 radical (unpaired) electrons. The lowest BCUT2D eigenvalue weighted by Crippen LogP contribution is -2.31. The summed E-state index contributed by atoms with van der Waals surface area (Å²) in [5.41, 5.74) is 0.161. The van der Waals surface area contributed by atoms with E-state index in [9.17, 15) is 10.1 Å². The molecule has 0 bridgehead atoms. The molecule has 1 aromatic rings. The number of hydrogen-bond acceptors (Lipinski definition) is 5. The van der Waals surface area contributed by atoms with Gasteiger partial charge in [0.2, 0.25) is 5.82 Å². The fourth-order valence-corrected chi connectivity index (χ4v) is 2.52. The van der Waals surface area contributed by atoms with E-state index in [1.165, 1.54) is 12.3 Å². The van der Waals surface area contributed by atoms with E-state index in [0.29, 0.717) is 0 Å². The molecule has 1 N–H and O–H groups in total. The molecule has 1 aromatic heterocycles. The van der Waals surface area contributed by atoms with Gasteiger partial charge in [0, 0.05) is 18.3 Å². The highest BCUT2D eigenvalue weighted by Gasteiger charge is 2.35. The number of hydrogen-bond donors (Lipinski definition) is 1. The normalized spacial score (nSPS) is 20.8. The fourth-order valence-electron chi connectivity index (χ4n) is 2.52. The van der Waals surface area contributed by atoms with Gasteiger partial charge in [-0.25, -0.2) is 4.98 Å². The van der Waals surface area contributed by atoms with Crippen molar-refractivity contribution >= 4 is 11.5 Å². The summed E-state index contributed by atoms with van der Waals surface area (Å²) >= 11 is 0. The Balaban J connectivity index is 2.30. The van der Waals surface area contributed by atoms with Crippen molar-refractivity contribution < 1.29 is 4.92 Å². The van der Waals surface area contributed by atoms with Gasteiger partial charge in [0.15, 0.2) is 0 Å². The molecule has 19 heavy (non-hydrogen) atoms. The molecule has 1 atom stereocenters. The van der Waals surface area contributed by atoms with Gasteiger partial charge in [0.25, 0.3) is 0 Å². The standard InChI is InChI=1S/C13H16N4O2/c1-13(2)5-3-4-11(13)16-12-10(17(18)19)6-9(7-14)8-15-12/h6,8,11H,3-5H2,1-2H3,(H,15,16). The van der Waals surface area contributed by atoms with Gasteiger partial charge in [-0.2, -0.15) is 5.26 Å². The SMILES string of the molecule is CC1(C)CCCC1Nc1ncc(C#N)cc1[N+](=O)[O-]. The maximum Gasteiger partial charge on any atom is 0.312 e. The van der Waals surface area contributed by atoms with Crippen LogP contribution in [-0.4, -0.2) is 15.9 Å². The van der Waals surface area contributed by atoms with Crippen molar-refractivity contribution in [1.29, 1.82) is 5.26 Å². The van der Waals surface area contributed by atoms with E-state index in [0.717, 1.165) is 19.3 Å². The maximum atomic E-state index is 11.0. The van der Waals surface area contributed by atoms with Gasteiger partial charge in [0.1, 0.15) is 6.07 Å². The van der Waals surface area contributed by atoms with Crippen molar-refractivity contribution in [3.8, 4) is 6.07 Å². The lowest BCUT2D eigenvalue weighted by atomic mass is 9.87. The number of nitrogens with zero attached hydrogens (tertiary/aromatic N) is 3. The molecule has 1 fully saturated rings. The third-order valence-electron chi connectivity index (χ3n) is 3.76. The number of pyridine rings is 1. The average molecular weight is 260 g/mol. The van der Waals surface area contributed by atoms with Gasteiger partial charge >= 0.3 is 5.69 Å². The van der Waals surface area contributed by atoms with Crippen molar-refractivity contribution in [1.82, 2.24) is 4.98 Å². The van der Waals surface area contributed by atoms with E-state index >= 15 is 0 Å².